The summed E-state index contributed by atoms with van der Waals surface area (Å²) in [6, 6.07) is 13.9. The van der Waals surface area contributed by atoms with Crippen molar-refractivity contribution in [3.05, 3.63) is 70.8 Å². The Kier molecular flexibility index (Phi) is 12.5. The smallest absolute Gasteiger partial charge is 0.408 e. The zero-order valence-corrected chi connectivity index (χ0v) is 24.8. The van der Waals surface area contributed by atoms with E-state index in [1.165, 1.54) is 0 Å². The van der Waals surface area contributed by atoms with E-state index in [1.54, 1.807) is 32.6 Å². The second kappa shape index (κ2) is 15.3. The van der Waals surface area contributed by atoms with Crippen molar-refractivity contribution in [3.8, 4) is 0 Å². The first kappa shape index (κ1) is 31.9. The number of unbranched alkanes of at least 4 members (excludes halogenated alkanes) is 4. The fraction of sp³-hybridized carbons (Fsp3) is 0.531. The van der Waals surface area contributed by atoms with Crippen LogP contribution in [-0.4, -0.2) is 41.0 Å². The number of alkyl carbamates (subject to hydrolysis) is 1. The quantitative estimate of drug-likeness (QED) is 0.291. The molecule has 214 valence electrons. The summed E-state index contributed by atoms with van der Waals surface area (Å²) >= 11 is 0. The van der Waals surface area contributed by atoms with Crippen LogP contribution in [0.2, 0.25) is 0 Å². The van der Waals surface area contributed by atoms with E-state index >= 15 is 0 Å². The third-order valence-electron chi connectivity index (χ3n) is 6.61. The summed E-state index contributed by atoms with van der Waals surface area (Å²) in [5, 5.41) is 5.71. The number of aryl methyl sites for hydroxylation is 2. The van der Waals surface area contributed by atoms with E-state index in [0.29, 0.717) is 13.1 Å². The van der Waals surface area contributed by atoms with Gasteiger partial charge in [0, 0.05) is 13.1 Å². The van der Waals surface area contributed by atoms with Crippen LogP contribution in [0.15, 0.2) is 48.5 Å². The fourth-order valence-electron chi connectivity index (χ4n) is 4.34. The molecule has 0 aliphatic carbocycles. The summed E-state index contributed by atoms with van der Waals surface area (Å²) in [6.07, 6.45) is 4.37. The number of amides is 3. The zero-order valence-electron chi connectivity index (χ0n) is 24.8. The van der Waals surface area contributed by atoms with Crippen molar-refractivity contribution in [3.63, 3.8) is 0 Å². The predicted octanol–water partition coefficient (Wildman–Crippen LogP) is 6.37. The van der Waals surface area contributed by atoms with E-state index in [-0.39, 0.29) is 11.8 Å². The minimum absolute atomic E-state index is 0.256. The molecule has 2 aromatic carbocycles. The highest BCUT2D eigenvalue weighted by Gasteiger charge is 2.34. The maximum Gasteiger partial charge on any atom is 0.408 e. The highest BCUT2D eigenvalue weighted by Crippen LogP contribution is 2.26. The number of rotatable bonds is 13. The molecule has 2 atom stereocenters. The summed E-state index contributed by atoms with van der Waals surface area (Å²) in [5.41, 5.74) is 3.19. The second-order valence-electron chi connectivity index (χ2n) is 11.3. The van der Waals surface area contributed by atoms with E-state index in [4.69, 9.17) is 4.74 Å². The van der Waals surface area contributed by atoms with Crippen LogP contribution in [0.5, 0.6) is 0 Å². The largest absolute Gasteiger partial charge is 0.444 e. The van der Waals surface area contributed by atoms with Gasteiger partial charge in [-0.25, -0.2) is 4.79 Å². The van der Waals surface area contributed by atoms with Crippen LogP contribution in [0.1, 0.15) is 95.0 Å². The van der Waals surface area contributed by atoms with Crippen LogP contribution in [0, 0.1) is 13.8 Å². The van der Waals surface area contributed by atoms with Gasteiger partial charge in [-0.2, -0.15) is 0 Å². The molecular formula is C32H47N3O4. The van der Waals surface area contributed by atoms with Gasteiger partial charge < -0.3 is 20.3 Å². The molecule has 0 saturated carbocycles. The van der Waals surface area contributed by atoms with Gasteiger partial charge in [-0.3, -0.25) is 9.59 Å². The molecule has 0 fully saturated rings. The lowest BCUT2D eigenvalue weighted by Crippen LogP contribution is -2.52. The first-order chi connectivity index (χ1) is 18.4. The molecule has 7 nitrogen and oxygen atoms in total. The minimum atomic E-state index is -0.869. The molecule has 0 heterocycles. The molecule has 0 aliphatic heterocycles. The number of ether oxygens (including phenoxy) is 1. The highest BCUT2D eigenvalue weighted by molar-refractivity contribution is 5.92. The lowest BCUT2D eigenvalue weighted by molar-refractivity contribution is -0.142. The molecule has 2 rings (SSSR count). The van der Waals surface area contributed by atoms with Crippen molar-refractivity contribution in [1.82, 2.24) is 15.5 Å². The molecule has 0 radical (unpaired) electrons. The summed E-state index contributed by atoms with van der Waals surface area (Å²) < 4.78 is 5.37. The van der Waals surface area contributed by atoms with E-state index < -0.39 is 23.8 Å². The normalized spacial score (nSPS) is 12.8. The number of hydrogen-bond acceptors (Lipinski definition) is 4. The van der Waals surface area contributed by atoms with E-state index in [2.05, 4.69) is 17.6 Å². The molecule has 3 amide bonds. The van der Waals surface area contributed by atoms with Crippen molar-refractivity contribution in [2.45, 2.75) is 105 Å². The van der Waals surface area contributed by atoms with Crippen molar-refractivity contribution in [1.29, 1.82) is 0 Å². The Hall–Kier alpha value is -3.35. The average Bonchev–Trinajstić information content (AvgIpc) is 2.87. The van der Waals surface area contributed by atoms with Gasteiger partial charge in [0.25, 0.3) is 0 Å². The molecule has 0 saturated heterocycles. The van der Waals surface area contributed by atoms with Gasteiger partial charge in [0.2, 0.25) is 11.8 Å². The van der Waals surface area contributed by atoms with Crippen LogP contribution in [0.3, 0.4) is 0 Å². The van der Waals surface area contributed by atoms with Gasteiger partial charge in [0.05, 0.1) is 0 Å². The highest BCUT2D eigenvalue weighted by atomic mass is 16.6. The van der Waals surface area contributed by atoms with Crippen LogP contribution in [0.25, 0.3) is 0 Å². The maximum absolute atomic E-state index is 13.9. The van der Waals surface area contributed by atoms with Crippen molar-refractivity contribution >= 4 is 17.9 Å². The number of nitrogens with one attached hydrogen (secondary N) is 2. The number of carbonyl (C=O) groups excluding carboxylic acids is 3. The van der Waals surface area contributed by atoms with Gasteiger partial charge in [0.1, 0.15) is 17.7 Å². The number of carbonyl (C=O) groups is 3. The third-order valence-corrected chi connectivity index (χ3v) is 6.61. The Morgan fingerprint density at radius 2 is 1.59 bits per heavy atom. The number of hydrogen-bond donors (Lipinski definition) is 2. The Morgan fingerprint density at radius 1 is 0.923 bits per heavy atom. The number of benzene rings is 2. The van der Waals surface area contributed by atoms with Crippen LogP contribution < -0.4 is 10.6 Å². The van der Waals surface area contributed by atoms with Crippen molar-refractivity contribution in [2.24, 2.45) is 0 Å². The summed E-state index contributed by atoms with van der Waals surface area (Å²) in [6.45, 7) is 13.9. The SMILES string of the molecule is CCCCCCCN(C(=O)C(C)NC(=O)OC(C)(C)C)C(C(=O)NCc1ccccc1)c1ccc(C)c(C)c1. The molecular weight excluding hydrogens is 490 g/mol. The van der Waals surface area contributed by atoms with Gasteiger partial charge >= 0.3 is 6.09 Å². The molecule has 2 N–H and O–H groups in total. The zero-order chi connectivity index (χ0) is 29.0. The Labute approximate surface area is 234 Å². The van der Waals surface area contributed by atoms with E-state index in [0.717, 1.165) is 54.4 Å². The van der Waals surface area contributed by atoms with Gasteiger partial charge in [-0.15, -0.1) is 0 Å². The monoisotopic (exact) mass is 537 g/mol. The Morgan fingerprint density at radius 3 is 2.21 bits per heavy atom. The van der Waals surface area contributed by atoms with E-state index in [1.807, 2.05) is 62.4 Å². The Balaban J connectivity index is 2.38. The molecule has 0 aliphatic rings. The molecule has 0 aromatic heterocycles. The predicted molar refractivity (Wildman–Crippen MR) is 156 cm³/mol. The van der Waals surface area contributed by atoms with Crippen molar-refractivity contribution in [2.75, 3.05) is 6.54 Å². The average molecular weight is 538 g/mol. The lowest BCUT2D eigenvalue weighted by Gasteiger charge is -2.34. The van der Waals surface area contributed by atoms with Gasteiger partial charge in [-0.05, 0) is 70.2 Å². The summed E-state index contributed by atoms with van der Waals surface area (Å²) in [4.78, 5) is 41.8. The summed E-state index contributed by atoms with van der Waals surface area (Å²) in [5.74, 6) is -0.581. The molecule has 39 heavy (non-hydrogen) atoms. The molecule has 0 bridgehead atoms. The first-order valence-electron chi connectivity index (χ1n) is 14.1. The Bertz CT molecular complexity index is 1080. The lowest BCUT2D eigenvalue weighted by atomic mass is 9.98. The number of nitrogens with zero attached hydrogens (tertiary/aromatic N) is 1. The molecule has 2 unspecified atom stereocenters. The first-order valence-corrected chi connectivity index (χ1v) is 14.1. The minimum Gasteiger partial charge on any atom is -0.444 e. The molecule has 2 aromatic rings. The van der Waals surface area contributed by atoms with E-state index in [9.17, 15) is 14.4 Å². The van der Waals surface area contributed by atoms with Gasteiger partial charge in [-0.1, -0.05) is 81.1 Å². The standard InChI is InChI=1S/C32H47N3O4/c1-8-9-10-11-15-20-35(30(37)25(4)34-31(38)39-32(5,6)7)28(27-19-18-23(2)24(3)21-27)29(36)33-22-26-16-13-12-14-17-26/h12-14,16-19,21,25,28H,8-11,15,20,22H2,1-7H3,(H,33,36)(H,34,38). The van der Waals surface area contributed by atoms with Crippen molar-refractivity contribution < 1.29 is 19.1 Å². The van der Waals surface area contributed by atoms with Gasteiger partial charge in [0.15, 0.2) is 0 Å². The molecule has 0 spiro atoms. The fourth-order valence-corrected chi connectivity index (χ4v) is 4.34. The topological polar surface area (TPSA) is 87.7 Å². The summed E-state index contributed by atoms with van der Waals surface area (Å²) in [7, 11) is 0. The second-order valence-corrected chi connectivity index (χ2v) is 11.3. The van der Waals surface area contributed by atoms with Crippen LogP contribution >= 0.6 is 0 Å². The molecule has 7 heteroatoms. The van der Waals surface area contributed by atoms with Crippen LogP contribution in [0.4, 0.5) is 4.79 Å². The third kappa shape index (κ3) is 10.7. The van der Waals surface area contributed by atoms with Crippen LogP contribution in [-0.2, 0) is 20.9 Å². The maximum atomic E-state index is 13.9.